The minimum atomic E-state index is 0. The maximum atomic E-state index is 9.09. The van der Waals surface area contributed by atoms with Crippen LogP contribution in [-0.2, 0) is 0 Å². The van der Waals surface area contributed by atoms with Gasteiger partial charge in [0.1, 0.15) is 5.75 Å². The Morgan fingerprint density at radius 1 is 0.875 bits per heavy atom. The molecule has 0 atom stereocenters. The smallest absolute Gasteiger partial charge is 0.115 e. The van der Waals surface area contributed by atoms with Crippen LogP contribution in [0.2, 0.25) is 0 Å². The van der Waals surface area contributed by atoms with E-state index in [0.717, 1.165) is 11.3 Å². The number of nitrogens with zero attached hydrogens (tertiary/aromatic N) is 1. The Balaban J connectivity index is 0.00000128. The molecule has 3 heteroatoms. The number of aromatic hydroxyl groups is 1. The Bertz CT molecular complexity index is 451. The number of hydrogen-bond acceptors (Lipinski definition) is 2. The Morgan fingerprint density at radius 2 is 1.50 bits per heavy atom. The highest BCUT2D eigenvalue weighted by molar-refractivity contribution is 8.93. The first-order valence-corrected chi connectivity index (χ1v) is 4.73. The van der Waals surface area contributed by atoms with E-state index in [0.29, 0.717) is 0 Å². The van der Waals surface area contributed by atoms with Crippen molar-refractivity contribution in [3.8, 4) is 5.75 Å². The maximum Gasteiger partial charge on any atom is 0.115 e. The number of rotatable bonds is 2. The first kappa shape index (κ1) is 12.5. The lowest BCUT2D eigenvalue weighted by molar-refractivity contribution is 0.475. The molecule has 0 aliphatic heterocycles. The van der Waals surface area contributed by atoms with Gasteiger partial charge in [-0.25, -0.2) is 0 Å². The van der Waals surface area contributed by atoms with Gasteiger partial charge in [0.2, 0.25) is 0 Å². The van der Waals surface area contributed by atoms with E-state index in [1.54, 1.807) is 30.5 Å². The van der Waals surface area contributed by atoms with Crippen LogP contribution in [0.4, 0.5) is 5.69 Å². The van der Waals surface area contributed by atoms with Crippen LogP contribution in [0.15, 0.2) is 59.6 Å². The van der Waals surface area contributed by atoms with E-state index in [-0.39, 0.29) is 22.7 Å². The van der Waals surface area contributed by atoms with Crippen LogP contribution in [0.5, 0.6) is 5.75 Å². The molecule has 2 rings (SSSR count). The van der Waals surface area contributed by atoms with Gasteiger partial charge in [0, 0.05) is 6.21 Å². The molecular formula is C13H12BrNO. The zero-order chi connectivity index (χ0) is 10.5. The lowest BCUT2D eigenvalue weighted by atomic mass is 10.2. The molecule has 2 aromatic carbocycles. The summed E-state index contributed by atoms with van der Waals surface area (Å²) in [5.74, 6) is 0.258. The normalized spacial score (nSPS) is 10.0. The Kier molecular flexibility index (Phi) is 4.73. The van der Waals surface area contributed by atoms with E-state index < -0.39 is 0 Å². The van der Waals surface area contributed by atoms with Gasteiger partial charge in [-0.2, -0.15) is 0 Å². The molecule has 0 unspecified atom stereocenters. The van der Waals surface area contributed by atoms with Gasteiger partial charge in [-0.15, -0.1) is 17.0 Å². The Hall–Kier alpha value is -1.61. The third-order valence-corrected chi connectivity index (χ3v) is 2.01. The Labute approximate surface area is 105 Å². The largest absolute Gasteiger partial charge is 0.508 e. The molecule has 0 aliphatic rings. The summed E-state index contributed by atoms with van der Waals surface area (Å²) in [6.07, 6.45) is 1.80. The van der Waals surface area contributed by atoms with Crippen LogP contribution < -0.4 is 0 Å². The average molecular weight is 278 g/mol. The van der Waals surface area contributed by atoms with Crippen LogP contribution in [0.3, 0.4) is 0 Å². The minimum absolute atomic E-state index is 0. The maximum absolute atomic E-state index is 9.09. The first-order valence-electron chi connectivity index (χ1n) is 4.73. The van der Waals surface area contributed by atoms with Gasteiger partial charge in [0.25, 0.3) is 0 Å². The molecule has 0 spiro atoms. The van der Waals surface area contributed by atoms with E-state index >= 15 is 0 Å². The summed E-state index contributed by atoms with van der Waals surface area (Å²) in [7, 11) is 0. The first-order chi connectivity index (χ1) is 7.34. The number of hydrogen-bond donors (Lipinski definition) is 1. The Morgan fingerprint density at radius 3 is 2.12 bits per heavy atom. The van der Waals surface area contributed by atoms with Gasteiger partial charge >= 0.3 is 0 Å². The second-order valence-corrected chi connectivity index (χ2v) is 3.19. The third-order valence-electron chi connectivity index (χ3n) is 2.01. The molecule has 0 amide bonds. The van der Waals surface area contributed by atoms with E-state index in [4.69, 9.17) is 5.11 Å². The number of benzene rings is 2. The monoisotopic (exact) mass is 277 g/mol. The van der Waals surface area contributed by atoms with Gasteiger partial charge < -0.3 is 5.11 Å². The van der Waals surface area contributed by atoms with Crippen molar-refractivity contribution in [2.24, 2.45) is 4.99 Å². The van der Waals surface area contributed by atoms with E-state index in [2.05, 4.69) is 4.99 Å². The third kappa shape index (κ3) is 3.51. The zero-order valence-electron chi connectivity index (χ0n) is 8.58. The highest BCUT2D eigenvalue weighted by atomic mass is 79.9. The summed E-state index contributed by atoms with van der Waals surface area (Å²) < 4.78 is 0. The lowest BCUT2D eigenvalue weighted by Gasteiger charge is -1.94. The molecule has 0 heterocycles. The van der Waals surface area contributed by atoms with Crippen molar-refractivity contribution < 1.29 is 5.11 Å². The summed E-state index contributed by atoms with van der Waals surface area (Å²) in [5, 5.41) is 9.09. The van der Waals surface area contributed by atoms with Crippen molar-refractivity contribution in [1.29, 1.82) is 0 Å². The number of aliphatic imine (C=N–C) groups is 1. The van der Waals surface area contributed by atoms with Crippen LogP contribution in [-0.4, -0.2) is 11.3 Å². The second-order valence-electron chi connectivity index (χ2n) is 3.19. The van der Waals surface area contributed by atoms with E-state index in [9.17, 15) is 0 Å². The topological polar surface area (TPSA) is 32.6 Å². The predicted octanol–water partition coefficient (Wildman–Crippen LogP) is 3.72. The molecule has 0 saturated heterocycles. The molecule has 0 aromatic heterocycles. The van der Waals surface area contributed by atoms with Crippen molar-refractivity contribution in [2.45, 2.75) is 0 Å². The summed E-state index contributed by atoms with van der Waals surface area (Å²) in [4.78, 5) is 4.28. The summed E-state index contributed by atoms with van der Waals surface area (Å²) in [5.41, 5.74) is 1.89. The van der Waals surface area contributed by atoms with E-state index in [1.165, 1.54) is 0 Å². The van der Waals surface area contributed by atoms with Crippen LogP contribution >= 0.6 is 17.0 Å². The fourth-order valence-electron chi connectivity index (χ4n) is 1.23. The SMILES string of the molecule is Br.Oc1ccc(N=Cc2ccccc2)cc1. The summed E-state index contributed by atoms with van der Waals surface area (Å²) >= 11 is 0. The predicted molar refractivity (Wildman–Crippen MR) is 72.1 cm³/mol. The molecular weight excluding hydrogens is 266 g/mol. The second kappa shape index (κ2) is 6.08. The average Bonchev–Trinajstić information content (AvgIpc) is 2.30. The minimum Gasteiger partial charge on any atom is -0.508 e. The summed E-state index contributed by atoms with van der Waals surface area (Å²) in [6, 6.07) is 16.7. The highest BCUT2D eigenvalue weighted by Gasteiger charge is 1.89. The van der Waals surface area contributed by atoms with Gasteiger partial charge in [0.05, 0.1) is 5.69 Å². The molecule has 16 heavy (non-hydrogen) atoms. The van der Waals surface area contributed by atoms with Crippen molar-refractivity contribution in [3.05, 3.63) is 60.2 Å². The number of halogens is 1. The van der Waals surface area contributed by atoms with Gasteiger partial charge in [-0.3, -0.25) is 4.99 Å². The van der Waals surface area contributed by atoms with Crippen molar-refractivity contribution >= 4 is 28.9 Å². The van der Waals surface area contributed by atoms with Gasteiger partial charge in [-0.05, 0) is 29.8 Å². The zero-order valence-corrected chi connectivity index (χ0v) is 10.3. The van der Waals surface area contributed by atoms with Crippen molar-refractivity contribution in [1.82, 2.24) is 0 Å². The van der Waals surface area contributed by atoms with Crippen LogP contribution in [0.1, 0.15) is 5.56 Å². The quantitative estimate of drug-likeness (QED) is 0.834. The van der Waals surface area contributed by atoms with Gasteiger partial charge in [-0.1, -0.05) is 30.3 Å². The molecule has 0 aliphatic carbocycles. The standard InChI is InChI=1S/C13H11NO.BrH/c15-13-8-6-12(7-9-13)14-10-11-4-2-1-3-5-11;/h1-10,15H;1H. The molecule has 0 radical (unpaired) electrons. The molecule has 82 valence electrons. The molecule has 1 N–H and O–H groups in total. The fraction of sp³-hybridized carbons (Fsp3) is 0. The van der Waals surface area contributed by atoms with Crippen molar-refractivity contribution in [2.75, 3.05) is 0 Å². The van der Waals surface area contributed by atoms with Crippen LogP contribution in [0, 0.1) is 0 Å². The molecule has 0 fully saturated rings. The molecule has 0 saturated carbocycles. The van der Waals surface area contributed by atoms with Crippen LogP contribution in [0.25, 0.3) is 0 Å². The lowest BCUT2D eigenvalue weighted by Crippen LogP contribution is -1.77. The molecule has 2 aromatic rings. The van der Waals surface area contributed by atoms with E-state index in [1.807, 2.05) is 30.3 Å². The molecule has 0 bridgehead atoms. The highest BCUT2D eigenvalue weighted by Crippen LogP contribution is 2.16. The number of phenols is 1. The summed E-state index contributed by atoms with van der Waals surface area (Å²) in [6.45, 7) is 0. The van der Waals surface area contributed by atoms with Crippen molar-refractivity contribution in [3.63, 3.8) is 0 Å². The molecule has 2 nitrogen and oxygen atoms in total. The fourth-order valence-corrected chi connectivity index (χ4v) is 1.23. The van der Waals surface area contributed by atoms with Gasteiger partial charge in [0.15, 0.2) is 0 Å². The number of phenolic OH excluding ortho intramolecular Hbond substituents is 1.